The van der Waals surface area contributed by atoms with Gasteiger partial charge in [0.15, 0.2) is 0 Å². The molecule has 1 aliphatic heterocycles. The number of rotatable bonds is 3. The molecule has 4 aromatic rings. The van der Waals surface area contributed by atoms with Crippen molar-refractivity contribution in [3.63, 3.8) is 0 Å². The normalized spacial score (nSPS) is 21.3. The Bertz CT molecular complexity index is 1840. The van der Waals surface area contributed by atoms with Crippen LogP contribution in [0.1, 0.15) is 45.2 Å². The Balaban J connectivity index is 1.50. The minimum Gasteiger partial charge on any atom is -0.399 e. The summed E-state index contributed by atoms with van der Waals surface area (Å²) in [6, 6.07) is 28.7. The Morgan fingerprint density at radius 1 is 0.707 bits per heavy atom. The minimum absolute atomic E-state index is 0.397. The monoisotopic (exact) mass is 532 g/mol. The van der Waals surface area contributed by atoms with Crippen molar-refractivity contribution >= 4 is 34.5 Å². The van der Waals surface area contributed by atoms with E-state index >= 15 is 0 Å². The summed E-state index contributed by atoms with van der Waals surface area (Å²) in [6.07, 6.45) is 12.7. The van der Waals surface area contributed by atoms with E-state index in [1.807, 2.05) is 0 Å². The van der Waals surface area contributed by atoms with Gasteiger partial charge in [-0.25, -0.2) is 0 Å². The maximum absolute atomic E-state index is 6.53. The Morgan fingerprint density at radius 3 is 2.00 bits per heavy atom. The molecule has 4 aromatic carbocycles. The molecule has 4 aliphatic rings. The van der Waals surface area contributed by atoms with E-state index in [1.165, 1.54) is 60.9 Å². The van der Waals surface area contributed by atoms with Crippen LogP contribution in [-0.4, -0.2) is 18.3 Å². The van der Waals surface area contributed by atoms with Gasteiger partial charge in [-0.3, -0.25) is 0 Å². The van der Waals surface area contributed by atoms with E-state index in [1.54, 1.807) is 0 Å². The molecular weight excluding hydrogens is 499 g/mol. The number of hydrogen-bond donors (Lipinski definition) is 0. The highest BCUT2D eigenvalue weighted by Gasteiger charge is 2.52. The van der Waals surface area contributed by atoms with E-state index in [0.717, 1.165) is 11.9 Å². The molecule has 200 valence electrons. The lowest BCUT2D eigenvalue weighted by molar-refractivity contribution is 0.00578. The van der Waals surface area contributed by atoms with Crippen LogP contribution in [0.2, 0.25) is 0 Å². The Kier molecular flexibility index (Phi) is 5.33. The fourth-order valence-electron chi connectivity index (χ4n) is 7.05. The van der Waals surface area contributed by atoms with Crippen molar-refractivity contribution in [3.05, 3.63) is 126 Å². The first-order chi connectivity index (χ1) is 19.8. The molecule has 0 N–H and O–H groups in total. The summed E-state index contributed by atoms with van der Waals surface area (Å²) in [5, 5.41) is 2.49. The van der Waals surface area contributed by atoms with E-state index < -0.39 is 18.3 Å². The third-order valence-corrected chi connectivity index (χ3v) is 9.75. The molecule has 0 radical (unpaired) electrons. The summed E-state index contributed by atoms with van der Waals surface area (Å²) in [6.45, 7) is 8.47. The second kappa shape index (κ2) is 8.79. The number of fused-ring (bicyclic) bond motifs is 4. The Morgan fingerprint density at radius 2 is 1.34 bits per heavy atom. The van der Waals surface area contributed by atoms with Gasteiger partial charge in [0.25, 0.3) is 0 Å². The van der Waals surface area contributed by atoms with Crippen LogP contribution in [0.5, 0.6) is 0 Å². The summed E-state index contributed by atoms with van der Waals surface area (Å²) in [7, 11) is -0.420. The van der Waals surface area contributed by atoms with Crippen molar-refractivity contribution in [1.82, 2.24) is 0 Å². The van der Waals surface area contributed by atoms with Crippen molar-refractivity contribution in [1.29, 1.82) is 0 Å². The molecule has 1 saturated heterocycles. The fraction of sp³-hybridized carbons (Fsp3) is 0.211. The van der Waals surface area contributed by atoms with Gasteiger partial charge >= 0.3 is 7.12 Å². The molecule has 0 amide bonds. The predicted molar refractivity (Wildman–Crippen MR) is 172 cm³/mol. The standard InChI is InChI=1S/C38H33BO2/c1-37(2)38(3,4)41-39(40-37)27-21-22-28-31(23-27)34(26-15-9-6-10-16-26)36-30-20-12-18-24-17-11-19-29(32(24)30)35(36)33(28)25-13-7-5-8-14-25/h5-17,19-24H,18H2,1-4H3. The molecule has 1 atom stereocenters. The summed E-state index contributed by atoms with van der Waals surface area (Å²) < 4.78 is 13.1. The number of benzene rings is 4. The van der Waals surface area contributed by atoms with E-state index in [0.29, 0.717) is 5.92 Å². The van der Waals surface area contributed by atoms with Crippen molar-refractivity contribution in [2.24, 2.45) is 5.92 Å². The van der Waals surface area contributed by atoms with E-state index in [9.17, 15) is 0 Å². The summed E-state index contributed by atoms with van der Waals surface area (Å²) in [4.78, 5) is 0. The van der Waals surface area contributed by atoms with Crippen LogP contribution in [0.3, 0.4) is 0 Å². The van der Waals surface area contributed by atoms with E-state index in [4.69, 9.17) is 9.31 Å². The van der Waals surface area contributed by atoms with Crippen LogP contribution in [0.15, 0.2) is 115 Å². The van der Waals surface area contributed by atoms with Gasteiger partial charge in [0.2, 0.25) is 0 Å². The van der Waals surface area contributed by atoms with Gasteiger partial charge in [0.1, 0.15) is 0 Å². The van der Waals surface area contributed by atoms with Gasteiger partial charge in [-0.1, -0.05) is 109 Å². The second-order valence-corrected chi connectivity index (χ2v) is 12.7. The van der Waals surface area contributed by atoms with Crippen molar-refractivity contribution in [2.75, 3.05) is 0 Å². The third-order valence-electron chi connectivity index (χ3n) is 9.75. The fourth-order valence-corrected chi connectivity index (χ4v) is 7.05. The quantitative estimate of drug-likeness (QED) is 0.246. The Hall–Kier alpha value is -3.92. The van der Waals surface area contributed by atoms with E-state index in [-0.39, 0.29) is 0 Å². The smallest absolute Gasteiger partial charge is 0.399 e. The van der Waals surface area contributed by atoms with Crippen molar-refractivity contribution in [3.8, 4) is 22.3 Å². The number of hydrogen-bond acceptors (Lipinski definition) is 2. The molecule has 0 spiro atoms. The van der Waals surface area contributed by atoms with Crippen LogP contribution < -0.4 is 5.46 Å². The van der Waals surface area contributed by atoms with Crippen LogP contribution in [0, 0.1) is 5.92 Å². The van der Waals surface area contributed by atoms with Gasteiger partial charge in [-0.2, -0.15) is 0 Å². The van der Waals surface area contributed by atoms with Crippen LogP contribution in [-0.2, 0) is 9.31 Å². The van der Waals surface area contributed by atoms with Gasteiger partial charge in [0, 0.05) is 5.92 Å². The van der Waals surface area contributed by atoms with E-state index in [2.05, 4.69) is 137 Å². The Labute approximate surface area is 242 Å². The maximum Gasteiger partial charge on any atom is 0.494 e. The highest BCUT2D eigenvalue weighted by Crippen LogP contribution is 2.57. The summed E-state index contributed by atoms with van der Waals surface area (Å²) in [5.41, 5.74) is 12.2. The average molecular weight is 532 g/mol. The largest absolute Gasteiger partial charge is 0.494 e. The molecule has 3 heteroatoms. The maximum atomic E-state index is 6.53. The van der Waals surface area contributed by atoms with Gasteiger partial charge < -0.3 is 9.31 Å². The lowest BCUT2D eigenvalue weighted by Crippen LogP contribution is -2.41. The first-order valence-electron chi connectivity index (χ1n) is 14.7. The molecular formula is C38H33BO2. The van der Waals surface area contributed by atoms with Crippen LogP contribution >= 0.6 is 0 Å². The first-order valence-corrected chi connectivity index (χ1v) is 14.7. The molecule has 0 bridgehead atoms. The van der Waals surface area contributed by atoms with Crippen molar-refractivity contribution < 1.29 is 9.31 Å². The summed E-state index contributed by atoms with van der Waals surface area (Å²) >= 11 is 0. The second-order valence-electron chi connectivity index (χ2n) is 12.7. The lowest BCUT2D eigenvalue weighted by Gasteiger charge is -2.32. The van der Waals surface area contributed by atoms with Gasteiger partial charge in [-0.05, 0) is 100 Å². The zero-order valence-corrected chi connectivity index (χ0v) is 24.1. The molecule has 1 unspecified atom stereocenters. The zero-order valence-electron chi connectivity index (χ0n) is 24.1. The molecule has 41 heavy (non-hydrogen) atoms. The minimum atomic E-state index is -0.420. The molecule has 1 heterocycles. The van der Waals surface area contributed by atoms with Crippen LogP contribution in [0.4, 0.5) is 0 Å². The van der Waals surface area contributed by atoms with Crippen molar-refractivity contribution in [2.45, 2.75) is 45.3 Å². The zero-order chi connectivity index (χ0) is 27.9. The highest BCUT2D eigenvalue weighted by atomic mass is 16.7. The third kappa shape index (κ3) is 3.59. The van der Waals surface area contributed by atoms with Gasteiger partial charge in [0.05, 0.1) is 11.2 Å². The topological polar surface area (TPSA) is 18.5 Å². The molecule has 8 rings (SSSR count). The molecule has 2 nitrogen and oxygen atoms in total. The summed E-state index contributed by atoms with van der Waals surface area (Å²) in [5.74, 6) is 0.415. The predicted octanol–water partition coefficient (Wildman–Crippen LogP) is 8.77. The lowest BCUT2D eigenvalue weighted by atomic mass is 9.75. The molecule has 0 saturated carbocycles. The molecule has 3 aliphatic carbocycles. The average Bonchev–Trinajstić information content (AvgIpc) is 3.43. The molecule has 0 aromatic heterocycles. The number of allylic oxidation sites excluding steroid dienone is 8. The molecule has 1 fully saturated rings. The SMILES string of the molecule is CC1(C)OB(c2ccc3c(-c4ccccc4)c4c(c(-c5ccccc5)c3c2)C2=C3C4=CC=CC3CC=C2)OC1(C)C. The van der Waals surface area contributed by atoms with Gasteiger partial charge in [-0.15, -0.1) is 0 Å². The van der Waals surface area contributed by atoms with Crippen LogP contribution in [0.25, 0.3) is 44.2 Å². The highest BCUT2D eigenvalue weighted by molar-refractivity contribution is 6.62. The first kappa shape index (κ1) is 24.8.